The molecule has 16 nitrogen and oxygen atoms in total. The van der Waals surface area contributed by atoms with Crippen molar-refractivity contribution in [1.29, 1.82) is 5.26 Å². The van der Waals surface area contributed by atoms with Gasteiger partial charge in [-0.15, -0.1) is 0 Å². The maximum atomic E-state index is 14.2. The lowest BCUT2D eigenvalue weighted by Gasteiger charge is -2.18. The molecule has 3 aromatic heterocycles. The Balaban J connectivity index is 0.864. The van der Waals surface area contributed by atoms with Crippen molar-refractivity contribution < 1.29 is 38.1 Å². The average molecular weight is 1480 g/mol. The molecule has 0 spiro atoms. The summed E-state index contributed by atoms with van der Waals surface area (Å²) in [6.07, 6.45) is 0. The minimum Gasteiger partial charge on any atom is -0.457 e. The maximum absolute atomic E-state index is 14.2. The molecule has 17 aromatic rings. The number of fused-ring (bicyclic) bond motifs is 6. The van der Waals surface area contributed by atoms with Crippen LogP contribution in [0, 0.1) is 24.5 Å². The fourth-order valence-corrected chi connectivity index (χ4v) is 14.3. The maximum Gasteiger partial charge on any atom is 0.338 e. The molecule has 0 bridgehead atoms. The molecule has 14 aromatic carbocycles. The molecular weight excluding hydrogens is 1420 g/mol. The van der Waals surface area contributed by atoms with Gasteiger partial charge in [0, 0.05) is 49.4 Å². The summed E-state index contributed by atoms with van der Waals surface area (Å²) in [4.78, 5) is 80.5. The Morgan fingerprint density at radius 2 is 0.623 bits per heavy atom. The van der Waals surface area contributed by atoms with E-state index in [1.54, 1.807) is 66.7 Å². The predicted octanol–water partition coefficient (Wildman–Crippen LogP) is 22.5. The molecule has 114 heavy (non-hydrogen) atoms. The molecule has 0 fully saturated rings. The second kappa shape index (κ2) is 31.3. The van der Waals surface area contributed by atoms with Crippen LogP contribution in [0.5, 0.6) is 0 Å². The Bertz CT molecular complexity index is 6220. The summed E-state index contributed by atoms with van der Waals surface area (Å²) in [5.74, 6) is -1.35. The van der Waals surface area contributed by atoms with Crippen LogP contribution < -0.4 is 0 Å². The monoisotopic (exact) mass is 1480 g/mol. The highest BCUT2D eigenvalue weighted by atomic mass is 16.5. The van der Waals surface area contributed by atoms with Gasteiger partial charge in [0.25, 0.3) is 0 Å². The number of nitriles is 1. The molecule has 0 saturated carbocycles. The van der Waals surface area contributed by atoms with Crippen molar-refractivity contribution in [2.45, 2.75) is 26.4 Å². The van der Waals surface area contributed by atoms with Crippen LogP contribution in [0.1, 0.15) is 69.2 Å². The zero-order chi connectivity index (χ0) is 77.6. The summed E-state index contributed by atoms with van der Waals surface area (Å²) in [5, 5.41) is 12.9. The summed E-state index contributed by atoms with van der Waals surface area (Å²) in [6, 6.07) is 103. The van der Waals surface area contributed by atoms with Gasteiger partial charge in [-0.3, -0.25) is 0 Å². The lowest BCUT2D eigenvalue weighted by Crippen LogP contribution is -2.05. The Hall–Kier alpha value is -16.0. The summed E-state index contributed by atoms with van der Waals surface area (Å²) < 4.78 is 27.8. The first kappa shape index (κ1) is 71.0. The summed E-state index contributed by atoms with van der Waals surface area (Å²) in [5.41, 5.74) is 15.9. The van der Waals surface area contributed by atoms with Crippen LogP contribution in [0.2, 0.25) is 0 Å². The lowest BCUT2D eigenvalue weighted by atomic mass is 9.98. The number of hydrogen-bond acceptors (Lipinski definition) is 12. The van der Waals surface area contributed by atoms with E-state index in [0.717, 1.165) is 38.9 Å². The zero-order valence-electron chi connectivity index (χ0n) is 60.8. The van der Waals surface area contributed by atoms with E-state index in [0.29, 0.717) is 111 Å². The highest BCUT2D eigenvalue weighted by molar-refractivity contribution is 6.15. The Labute approximate surface area is 654 Å². The molecule has 0 aliphatic rings. The van der Waals surface area contributed by atoms with Crippen LogP contribution in [0.4, 0.5) is 11.4 Å². The highest BCUT2D eigenvalue weighted by Crippen LogP contribution is 2.43. The van der Waals surface area contributed by atoms with E-state index < -0.39 is 23.9 Å². The van der Waals surface area contributed by atoms with Gasteiger partial charge >= 0.3 is 23.9 Å². The number of carbonyl (C=O) groups is 4. The number of rotatable bonds is 20. The molecule has 0 aliphatic heterocycles. The number of nitrogens with zero attached hydrogens (tertiary/aromatic N) is 8. The highest BCUT2D eigenvalue weighted by Gasteiger charge is 2.26. The number of esters is 4. The molecular formula is C98H62N8O8. The third-order valence-corrected chi connectivity index (χ3v) is 20.0. The van der Waals surface area contributed by atoms with Crippen LogP contribution in [-0.4, -0.2) is 48.0 Å². The normalized spacial score (nSPS) is 11.1. The Morgan fingerprint density at radius 3 is 0.982 bits per heavy atom. The average Bonchev–Trinajstić information content (AvgIpc) is 1.10. The van der Waals surface area contributed by atoms with Crippen molar-refractivity contribution in [3.05, 3.63) is 400 Å². The second-order valence-electron chi connectivity index (χ2n) is 27.2. The van der Waals surface area contributed by atoms with Gasteiger partial charge in [0.15, 0.2) is 28.8 Å². The van der Waals surface area contributed by atoms with Crippen LogP contribution >= 0.6 is 0 Å². The van der Waals surface area contributed by atoms with E-state index in [1.807, 2.05) is 261 Å². The predicted molar refractivity (Wildman–Crippen MR) is 441 cm³/mol. The van der Waals surface area contributed by atoms with Gasteiger partial charge in [-0.2, -0.15) is 5.26 Å². The van der Waals surface area contributed by atoms with Crippen molar-refractivity contribution in [3.8, 4) is 85.0 Å². The zero-order valence-corrected chi connectivity index (χ0v) is 60.8. The third kappa shape index (κ3) is 14.6. The Kier molecular flexibility index (Phi) is 19.5. The largest absolute Gasteiger partial charge is 0.457 e. The number of hydrogen-bond donors (Lipinski definition) is 0. The van der Waals surface area contributed by atoms with Gasteiger partial charge < -0.3 is 28.1 Å². The van der Waals surface area contributed by atoms with Crippen molar-refractivity contribution in [3.63, 3.8) is 0 Å². The number of aromatic nitrogens is 5. The van der Waals surface area contributed by atoms with Gasteiger partial charge in [-0.25, -0.2) is 43.8 Å². The molecule has 16 heteroatoms. The lowest BCUT2D eigenvalue weighted by molar-refractivity contribution is 0.0464. The van der Waals surface area contributed by atoms with Gasteiger partial charge in [0.2, 0.25) is 0 Å². The van der Waals surface area contributed by atoms with Crippen molar-refractivity contribution in [1.82, 2.24) is 24.1 Å². The van der Waals surface area contributed by atoms with Crippen molar-refractivity contribution in [2.75, 3.05) is 0 Å². The van der Waals surface area contributed by atoms with E-state index >= 15 is 0 Å². The van der Waals surface area contributed by atoms with Crippen LogP contribution in [0.15, 0.2) is 328 Å². The molecule has 3 heterocycles. The van der Waals surface area contributed by atoms with Crippen LogP contribution in [-0.2, 0) is 45.4 Å². The first-order valence-corrected chi connectivity index (χ1v) is 36.6. The summed E-state index contributed by atoms with van der Waals surface area (Å²) in [7, 11) is 0. The molecule has 542 valence electrons. The van der Waals surface area contributed by atoms with Gasteiger partial charge in [0.05, 0.1) is 80.5 Å². The fraction of sp³-hybridized carbons (Fsp3) is 0.0408. The molecule has 0 saturated heterocycles. The summed E-state index contributed by atoms with van der Waals surface area (Å²) >= 11 is 0. The van der Waals surface area contributed by atoms with Gasteiger partial charge in [0.1, 0.15) is 26.4 Å². The van der Waals surface area contributed by atoms with Crippen LogP contribution in [0.25, 0.3) is 132 Å². The molecule has 0 radical (unpaired) electrons. The molecule has 17 rings (SSSR count). The minimum atomic E-state index is -0.548. The van der Waals surface area contributed by atoms with Crippen molar-refractivity contribution in [2.24, 2.45) is 0 Å². The molecule has 0 N–H and O–H groups in total. The quantitative estimate of drug-likeness (QED) is 0.0400. The number of benzene rings is 14. The Morgan fingerprint density at radius 1 is 0.307 bits per heavy atom. The topological polar surface area (TPSA) is 186 Å². The minimum absolute atomic E-state index is 0.0430. The standard InChI is InChI=1S/C98H62N8O8/c1-100-78-30-16-27-69(49-78)67-32-34-68(35-33-67)92-102-93(72-36-42-80(70-28-15-26-66(48-70)57-99)90(55-72)105-86-44-38-74(95(107)111-58-62-18-7-3-8-19-62)51-82(86)83-52-75(39-45-87(83)105)96(108)112-59-63-20-9-4-10-21-63)104-94(103-92)73-37-43-81(71-29-17-31-79(50-71)101-2)91(56-73)106-88-46-40-76(97(109)113-60-64-22-11-5-12-23-64)53-84(88)85-54-77(41-47-89(85)106)98(110)114-61-65-24-13-6-14-25-65/h3-56H,58-61H2. The third-order valence-electron chi connectivity index (χ3n) is 20.0. The first-order chi connectivity index (χ1) is 56.0. The van der Waals surface area contributed by atoms with E-state index in [2.05, 4.69) is 24.9 Å². The van der Waals surface area contributed by atoms with Crippen molar-refractivity contribution >= 4 is 78.9 Å². The van der Waals surface area contributed by atoms with Crippen LogP contribution in [0.3, 0.4) is 0 Å². The molecule has 0 amide bonds. The fourth-order valence-electron chi connectivity index (χ4n) is 14.3. The first-order valence-electron chi connectivity index (χ1n) is 36.6. The van der Waals surface area contributed by atoms with Gasteiger partial charge in [-0.1, -0.05) is 218 Å². The van der Waals surface area contributed by atoms with E-state index in [1.165, 1.54) is 0 Å². The molecule has 0 unspecified atom stereocenters. The van der Waals surface area contributed by atoms with E-state index in [-0.39, 0.29) is 60.3 Å². The van der Waals surface area contributed by atoms with E-state index in [4.69, 9.17) is 47.0 Å². The number of ether oxygens (including phenoxy) is 4. The SMILES string of the molecule is [C-]#[N+]c1cccc(-c2ccc(-c3nc(-c4ccc(-c5cccc(C#N)c5)c(-n5c6ccc(C(=O)OCc7ccccc7)cc6c6cc(C(=O)OCc7ccccc7)ccc65)c4)nc(-c4ccc(-c5cccc([N+]#[C-])c5)c(-n5c6ccc(C(=O)OCc7ccccc7)cc6c6cc(C(=O)OCc7ccccc7)ccc65)c4)n3)cc2)c1. The second-order valence-corrected chi connectivity index (χ2v) is 27.2. The van der Waals surface area contributed by atoms with E-state index in [9.17, 15) is 24.4 Å². The molecule has 0 aliphatic carbocycles. The summed E-state index contributed by atoms with van der Waals surface area (Å²) in [6.45, 7) is 16.1. The smallest absolute Gasteiger partial charge is 0.338 e. The molecule has 0 atom stereocenters. The number of carbonyl (C=O) groups excluding carboxylic acids is 4. The van der Waals surface area contributed by atoms with Gasteiger partial charge in [-0.05, 0) is 154 Å².